The van der Waals surface area contributed by atoms with Crippen LogP contribution in [-0.4, -0.2) is 4.98 Å². The lowest BCUT2D eigenvalue weighted by Gasteiger charge is -2.15. The summed E-state index contributed by atoms with van der Waals surface area (Å²) in [7, 11) is 0. The number of anilines is 1. The zero-order valence-electron chi connectivity index (χ0n) is 11.7. The summed E-state index contributed by atoms with van der Waals surface area (Å²) in [4.78, 5) is 4.39. The van der Waals surface area contributed by atoms with Gasteiger partial charge in [0.2, 0.25) is 0 Å². The predicted octanol–water partition coefficient (Wildman–Crippen LogP) is 5.00. The minimum atomic E-state index is 0.374. The van der Waals surface area contributed by atoms with Crippen molar-refractivity contribution in [3.8, 4) is 0 Å². The van der Waals surface area contributed by atoms with Crippen molar-refractivity contribution in [2.75, 3.05) is 5.32 Å². The molecule has 1 heterocycles. The number of aryl methyl sites for hydroxylation is 2. The minimum absolute atomic E-state index is 0.374. The quantitative estimate of drug-likeness (QED) is 0.712. The van der Waals surface area contributed by atoms with E-state index < -0.39 is 0 Å². The lowest BCUT2D eigenvalue weighted by atomic mass is 10.1. The van der Waals surface area contributed by atoms with Crippen LogP contribution < -0.4 is 5.32 Å². The van der Waals surface area contributed by atoms with Crippen molar-refractivity contribution < 1.29 is 4.42 Å². The van der Waals surface area contributed by atoms with Crippen molar-refractivity contribution in [3.05, 3.63) is 57.9 Å². The third-order valence-corrected chi connectivity index (χ3v) is 4.51. The number of aromatic nitrogens is 1. The molecule has 1 atom stereocenters. The average Bonchev–Trinajstić information content (AvgIpc) is 3.01. The van der Waals surface area contributed by atoms with Gasteiger partial charge < -0.3 is 9.73 Å². The number of benzene rings is 2. The van der Waals surface area contributed by atoms with Crippen LogP contribution in [0.2, 0.25) is 0 Å². The van der Waals surface area contributed by atoms with Crippen LogP contribution in [0.25, 0.3) is 11.1 Å². The molecule has 0 fully saturated rings. The number of nitrogens with one attached hydrogen (secondary N) is 1. The second-order valence-corrected chi connectivity index (χ2v) is 6.41. The standard InChI is InChI=1S/C17H15BrN2O/c1-10-19-16-9-13(4-7-17(16)21-10)20-15-6-2-11-8-12(18)3-5-14(11)15/h3-5,7-9,15,20H,2,6H2,1H3. The Kier molecular flexibility index (Phi) is 3.00. The molecule has 0 aliphatic heterocycles. The molecule has 3 nitrogen and oxygen atoms in total. The monoisotopic (exact) mass is 342 g/mol. The van der Waals surface area contributed by atoms with Crippen LogP contribution in [0.1, 0.15) is 29.5 Å². The summed E-state index contributed by atoms with van der Waals surface area (Å²) in [6, 6.07) is 13.0. The van der Waals surface area contributed by atoms with Gasteiger partial charge in [0, 0.05) is 17.1 Å². The largest absolute Gasteiger partial charge is 0.441 e. The highest BCUT2D eigenvalue weighted by atomic mass is 79.9. The number of fused-ring (bicyclic) bond motifs is 2. The average molecular weight is 343 g/mol. The van der Waals surface area contributed by atoms with Gasteiger partial charge in [-0.05, 0) is 54.3 Å². The summed E-state index contributed by atoms with van der Waals surface area (Å²) in [6.45, 7) is 1.87. The highest BCUT2D eigenvalue weighted by Crippen LogP contribution is 2.35. The van der Waals surface area contributed by atoms with Crippen molar-refractivity contribution in [3.63, 3.8) is 0 Å². The molecule has 2 aromatic carbocycles. The van der Waals surface area contributed by atoms with Gasteiger partial charge in [-0.15, -0.1) is 0 Å². The smallest absolute Gasteiger partial charge is 0.192 e. The van der Waals surface area contributed by atoms with Crippen LogP contribution in [0, 0.1) is 6.92 Å². The molecular weight excluding hydrogens is 328 g/mol. The SMILES string of the molecule is Cc1nc2cc(NC3CCc4cc(Br)ccc43)ccc2o1. The number of hydrogen-bond donors (Lipinski definition) is 1. The molecule has 1 unspecified atom stereocenters. The summed E-state index contributed by atoms with van der Waals surface area (Å²) in [6.07, 6.45) is 2.25. The molecule has 106 valence electrons. The van der Waals surface area contributed by atoms with Crippen LogP contribution >= 0.6 is 15.9 Å². The normalized spacial score (nSPS) is 17.1. The molecule has 3 aromatic rings. The molecule has 1 aromatic heterocycles. The minimum Gasteiger partial charge on any atom is -0.441 e. The Morgan fingerprint density at radius 2 is 2.14 bits per heavy atom. The first-order valence-electron chi connectivity index (χ1n) is 7.11. The van der Waals surface area contributed by atoms with E-state index in [0.717, 1.165) is 34.1 Å². The fourth-order valence-corrected chi connectivity index (χ4v) is 3.48. The van der Waals surface area contributed by atoms with E-state index in [4.69, 9.17) is 4.42 Å². The predicted molar refractivity (Wildman–Crippen MR) is 87.6 cm³/mol. The van der Waals surface area contributed by atoms with Gasteiger partial charge in [-0.1, -0.05) is 22.0 Å². The maximum absolute atomic E-state index is 5.52. The maximum atomic E-state index is 5.52. The summed E-state index contributed by atoms with van der Waals surface area (Å²) < 4.78 is 6.67. The third kappa shape index (κ3) is 2.33. The molecule has 1 N–H and O–H groups in total. The molecule has 4 heteroatoms. The molecular formula is C17H15BrN2O. The van der Waals surface area contributed by atoms with Gasteiger partial charge in [-0.25, -0.2) is 4.98 Å². The van der Waals surface area contributed by atoms with Crippen LogP contribution in [-0.2, 0) is 6.42 Å². The van der Waals surface area contributed by atoms with Crippen molar-refractivity contribution in [1.82, 2.24) is 4.98 Å². The third-order valence-electron chi connectivity index (χ3n) is 4.02. The molecule has 0 amide bonds. The van der Waals surface area contributed by atoms with E-state index in [1.165, 1.54) is 11.1 Å². The molecule has 1 aliphatic carbocycles. The molecule has 0 radical (unpaired) electrons. The van der Waals surface area contributed by atoms with E-state index in [0.29, 0.717) is 11.9 Å². The number of rotatable bonds is 2. The van der Waals surface area contributed by atoms with Gasteiger partial charge in [-0.2, -0.15) is 0 Å². The van der Waals surface area contributed by atoms with E-state index >= 15 is 0 Å². The van der Waals surface area contributed by atoms with E-state index in [1.54, 1.807) is 0 Å². The van der Waals surface area contributed by atoms with Gasteiger partial charge in [-0.3, -0.25) is 0 Å². The van der Waals surface area contributed by atoms with Gasteiger partial charge in [0.05, 0.1) is 6.04 Å². The zero-order valence-corrected chi connectivity index (χ0v) is 13.3. The Morgan fingerprint density at radius 1 is 1.24 bits per heavy atom. The van der Waals surface area contributed by atoms with Crippen LogP contribution in [0.4, 0.5) is 5.69 Å². The van der Waals surface area contributed by atoms with Gasteiger partial charge in [0.1, 0.15) is 5.52 Å². The zero-order chi connectivity index (χ0) is 14.4. The summed E-state index contributed by atoms with van der Waals surface area (Å²) in [5.74, 6) is 0.707. The molecule has 0 spiro atoms. The van der Waals surface area contributed by atoms with Crippen molar-refractivity contribution in [2.24, 2.45) is 0 Å². The lowest BCUT2D eigenvalue weighted by molar-refractivity contribution is 0.561. The van der Waals surface area contributed by atoms with E-state index in [9.17, 15) is 0 Å². The number of halogens is 1. The van der Waals surface area contributed by atoms with Crippen LogP contribution in [0.15, 0.2) is 45.3 Å². The molecule has 0 saturated heterocycles. The summed E-state index contributed by atoms with van der Waals surface area (Å²) >= 11 is 3.54. The molecule has 0 bridgehead atoms. The first kappa shape index (κ1) is 12.9. The van der Waals surface area contributed by atoms with Gasteiger partial charge >= 0.3 is 0 Å². The van der Waals surface area contributed by atoms with Gasteiger partial charge in [0.25, 0.3) is 0 Å². The second kappa shape index (κ2) is 4.88. The topological polar surface area (TPSA) is 38.1 Å². The molecule has 0 saturated carbocycles. The highest BCUT2D eigenvalue weighted by Gasteiger charge is 2.22. The van der Waals surface area contributed by atoms with Crippen molar-refractivity contribution in [1.29, 1.82) is 0 Å². The fourth-order valence-electron chi connectivity index (χ4n) is 3.07. The Morgan fingerprint density at radius 3 is 3.05 bits per heavy atom. The van der Waals surface area contributed by atoms with E-state index in [2.05, 4.69) is 56.6 Å². The van der Waals surface area contributed by atoms with E-state index in [1.807, 2.05) is 13.0 Å². The van der Waals surface area contributed by atoms with Crippen molar-refractivity contribution in [2.45, 2.75) is 25.8 Å². The highest BCUT2D eigenvalue weighted by molar-refractivity contribution is 9.10. The Balaban J connectivity index is 1.64. The summed E-state index contributed by atoms with van der Waals surface area (Å²) in [5, 5.41) is 3.62. The number of oxazole rings is 1. The van der Waals surface area contributed by atoms with Crippen LogP contribution in [0.3, 0.4) is 0 Å². The van der Waals surface area contributed by atoms with Crippen molar-refractivity contribution >= 4 is 32.7 Å². The Labute approximate surface area is 131 Å². The number of hydrogen-bond acceptors (Lipinski definition) is 3. The number of nitrogens with zero attached hydrogens (tertiary/aromatic N) is 1. The molecule has 1 aliphatic rings. The Hall–Kier alpha value is -1.81. The second-order valence-electron chi connectivity index (χ2n) is 5.49. The summed E-state index contributed by atoms with van der Waals surface area (Å²) in [5.41, 5.74) is 5.67. The lowest BCUT2D eigenvalue weighted by Crippen LogP contribution is -2.06. The maximum Gasteiger partial charge on any atom is 0.192 e. The van der Waals surface area contributed by atoms with Gasteiger partial charge in [0.15, 0.2) is 11.5 Å². The Bertz CT molecular complexity index is 825. The fraction of sp³-hybridized carbons (Fsp3) is 0.235. The van der Waals surface area contributed by atoms with Crippen LogP contribution in [0.5, 0.6) is 0 Å². The molecule has 4 rings (SSSR count). The molecule has 21 heavy (non-hydrogen) atoms. The first-order valence-corrected chi connectivity index (χ1v) is 7.90. The van der Waals surface area contributed by atoms with E-state index in [-0.39, 0.29) is 0 Å². The first-order chi connectivity index (χ1) is 10.2.